The number of aliphatic hydroxyl groups excluding tert-OH is 1. The fraction of sp³-hybridized carbons (Fsp3) is 1.00. The third-order valence-corrected chi connectivity index (χ3v) is 7.04. The number of aliphatic hydroxyl groups is 1. The summed E-state index contributed by atoms with van der Waals surface area (Å²) >= 11 is 0. The van der Waals surface area contributed by atoms with Gasteiger partial charge in [-0.1, -0.05) is 116 Å². The van der Waals surface area contributed by atoms with E-state index in [1.165, 1.54) is 128 Å². The first-order chi connectivity index (χ1) is 15.8. The summed E-state index contributed by atoms with van der Waals surface area (Å²) in [6.45, 7) is 4.54. The van der Waals surface area contributed by atoms with E-state index in [-0.39, 0.29) is 6.10 Å². The second-order valence-corrected chi connectivity index (χ2v) is 10.3. The molecule has 1 saturated heterocycles. The molecular weight excluding hydrogens is 396 g/mol. The van der Waals surface area contributed by atoms with E-state index in [1.807, 2.05) is 0 Å². The SMILES string of the molecule is CCCCCCCCCCCCCCCCOC1CCCCCCC(O)COCCCC1. The maximum Gasteiger partial charge on any atom is 0.0773 e. The van der Waals surface area contributed by atoms with Crippen molar-refractivity contribution in [3.05, 3.63) is 0 Å². The lowest BCUT2D eigenvalue weighted by Gasteiger charge is -2.19. The number of rotatable bonds is 16. The van der Waals surface area contributed by atoms with Crippen LogP contribution in [0.1, 0.15) is 155 Å². The molecule has 1 N–H and O–H groups in total. The molecule has 192 valence electrons. The molecule has 3 heteroatoms. The molecular formula is C29H58O3. The van der Waals surface area contributed by atoms with Crippen molar-refractivity contribution in [2.45, 2.75) is 167 Å². The zero-order valence-corrected chi connectivity index (χ0v) is 21.8. The fourth-order valence-corrected chi connectivity index (χ4v) is 4.84. The summed E-state index contributed by atoms with van der Waals surface area (Å²) < 4.78 is 11.9. The van der Waals surface area contributed by atoms with Crippen LogP contribution < -0.4 is 0 Å². The average molecular weight is 455 g/mol. The van der Waals surface area contributed by atoms with E-state index < -0.39 is 0 Å². The molecule has 0 amide bonds. The van der Waals surface area contributed by atoms with Crippen molar-refractivity contribution < 1.29 is 14.6 Å². The first-order valence-electron chi connectivity index (χ1n) is 14.7. The molecule has 0 radical (unpaired) electrons. The lowest BCUT2D eigenvalue weighted by atomic mass is 10.0. The van der Waals surface area contributed by atoms with Gasteiger partial charge in [-0.05, 0) is 38.5 Å². The molecule has 1 fully saturated rings. The van der Waals surface area contributed by atoms with E-state index in [1.54, 1.807) is 0 Å². The van der Waals surface area contributed by atoms with Gasteiger partial charge in [-0.2, -0.15) is 0 Å². The summed E-state index contributed by atoms with van der Waals surface area (Å²) in [5.74, 6) is 0. The third-order valence-electron chi connectivity index (χ3n) is 7.04. The summed E-state index contributed by atoms with van der Waals surface area (Å²) in [4.78, 5) is 0. The summed E-state index contributed by atoms with van der Waals surface area (Å²) in [6, 6.07) is 0. The Morgan fingerprint density at radius 2 is 1.12 bits per heavy atom. The molecule has 0 aromatic rings. The van der Waals surface area contributed by atoms with Crippen molar-refractivity contribution in [2.24, 2.45) is 0 Å². The van der Waals surface area contributed by atoms with Crippen molar-refractivity contribution in [1.82, 2.24) is 0 Å². The van der Waals surface area contributed by atoms with E-state index in [4.69, 9.17) is 9.47 Å². The number of hydrogen-bond donors (Lipinski definition) is 1. The average Bonchev–Trinajstić information content (AvgIpc) is 2.79. The molecule has 0 spiro atoms. The normalized spacial score (nSPS) is 21.9. The maximum absolute atomic E-state index is 9.88. The maximum atomic E-state index is 9.88. The Morgan fingerprint density at radius 3 is 1.72 bits per heavy atom. The third kappa shape index (κ3) is 20.5. The van der Waals surface area contributed by atoms with Crippen LogP contribution in [-0.2, 0) is 9.47 Å². The molecule has 1 aliphatic heterocycles. The molecule has 0 saturated carbocycles. The standard InChI is InChI=1S/C29H58O3/c1-2-3-4-5-6-7-8-9-10-11-12-13-16-20-26-32-29-23-18-15-14-17-22-28(30)27-31-25-21-19-24-29/h28-30H,2-27H2,1H3. The van der Waals surface area contributed by atoms with Crippen molar-refractivity contribution >= 4 is 0 Å². The van der Waals surface area contributed by atoms with Crippen molar-refractivity contribution in [3.8, 4) is 0 Å². The molecule has 3 nitrogen and oxygen atoms in total. The zero-order valence-electron chi connectivity index (χ0n) is 21.8. The topological polar surface area (TPSA) is 38.7 Å². The van der Waals surface area contributed by atoms with E-state index in [0.29, 0.717) is 12.7 Å². The lowest BCUT2D eigenvalue weighted by molar-refractivity contribution is 0.0194. The number of unbranched alkanes of at least 4 members (excludes halogenated alkanes) is 13. The van der Waals surface area contributed by atoms with Crippen LogP contribution in [0.2, 0.25) is 0 Å². The van der Waals surface area contributed by atoms with E-state index in [2.05, 4.69) is 6.92 Å². The molecule has 0 bridgehead atoms. The summed E-state index contributed by atoms with van der Waals surface area (Å²) in [7, 11) is 0. The highest BCUT2D eigenvalue weighted by molar-refractivity contribution is 4.62. The molecule has 1 aliphatic rings. The number of ether oxygens (including phenoxy) is 2. The molecule has 0 aromatic carbocycles. The van der Waals surface area contributed by atoms with Gasteiger partial charge in [0.15, 0.2) is 0 Å². The Morgan fingerprint density at radius 1 is 0.625 bits per heavy atom. The second kappa shape index (κ2) is 24.0. The highest BCUT2D eigenvalue weighted by Crippen LogP contribution is 2.17. The van der Waals surface area contributed by atoms with Crippen LogP contribution in [0.3, 0.4) is 0 Å². The summed E-state index contributed by atoms with van der Waals surface area (Å²) in [5.41, 5.74) is 0. The first kappa shape index (κ1) is 29.9. The Labute approximate surface area is 201 Å². The minimum atomic E-state index is -0.265. The first-order valence-corrected chi connectivity index (χ1v) is 14.7. The molecule has 1 rings (SSSR count). The van der Waals surface area contributed by atoms with Gasteiger partial charge < -0.3 is 14.6 Å². The van der Waals surface area contributed by atoms with Crippen molar-refractivity contribution in [3.63, 3.8) is 0 Å². The van der Waals surface area contributed by atoms with E-state index in [0.717, 1.165) is 32.5 Å². The second-order valence-electron chi connectivity index (χ2n) is 10.3. The van der Waals surface area contributed by atoms with Crippen LogP contribution in [-0.4, -0.2) is 37.1 Å². The Kier molecular flexibility index (Phi) is 22.5. The molecule has 0 aliphatic carbocycles. The molecule has 2 unspecified atom stereocenters. The van der Waals surface area contributed by atoms with Crippen molar-refractivity contribution in [1.29, 1.82) is 0 Å². The smallest absolute Gasteiger partial charge is 0.0773 e. The summed E-state index contributed by atoms with van der Waals surface area (Å²) in [5, 5.41) is 9.88. The van der Waals surface area contributed by atoms with Crippen LogP contribution in [0.4, 0.5) is 0 Å². The molecule has 32 heavy (non-hydrogen) atoms. The van der Waals surface area contributed by atoms with Gasteiger partial charge in [0.25, 0.3) is 0 Å². The lowest BCUT2D eigenvalue weighted by Crippen LogP contribution is -2.17. The van der Waals surface area contributed by atoms with Gasteiger partial charge in [-0.15, -0.1) is 0 Å². The molecule has 1 heterocycles. The molecule has 2 atom stereocenters. The van der Waals surface area contributed by atoms with Gasteiger partial charge in [0.2, 0.25) is 0 Å². The van der Waals surface area contributed by atoms with Crippen LogP contribution in [0.5, 0.6) is 0 Å². The Balaban J connectivity index is 1.93. The predicted molar refractivity (Wildman–Crippen MR) is 138 cm³/mol. The van der Waals surface area contributed by atoms with Crippen LogP contribution in [0, 0.1) is 0 Å². The van der Waals surface area contributed by atoms with Gasteiger partial charge in [-0.3, -0.25) is 0 Å². The highest BCUT2D eigenvalue weighted by atomic mass is 16.5. The summed E-state index contributed by atoms with van der Waals surface area (Å²) in [6.07, 6.45) is 30.3. The van der Waals surface area contributed by atoms with Gasteiger partial charge in [0.1, 0.15) is 0 Å². The Bertz CT molecular complexity index is 344. The fourth-order valence-electron chi connectivity index (χ4n) is 4.84. The van der Waals surface area contributed by atoms with E-state index >= 15 is 0 Å². The van der Waals surface area contributed by atoms with Crippen LogP contribution in [0.15, 0.2) is 0 Å². The van der Waals surface area contributed by atoms with Crippen LogP contribution >= 0.6 is 0 Å². The predicted octanol–water partition coefficient (Wildman–Crippen LogP) is 8.75. The highest BCUT2D eigenvalue weighted by Gasteiger charge is 2.11. The zero-order chi connectivity index (χ0) is 23.0. The van der Waals surface area contributed by atoms with Gasteiger partial charge in [0, 0.05) is 13.2 Å². The monoisotopic (exact) mass is 454 g/mol. The number of hydrogen-bond acceptors (Lipinski definition) is 3. The minimum Gasteiger partial charge on any atom is -0.391 e. The van der Waals surface area contributed by atoms with Crippen molar-refractivity contribution in [2.75, 3.05) is 19.8 Å². The largest absolute Gasteiger partial charge is 0.391 e. The molecule has 0 aromatic heterocycles. The minimum absolute atomic E-state index is 0.265. The van der Waals surface area contributed by atoms with Gasteiger partial charge in [0.05, 0.1) is 18.8 Å². The Hall–Kier alpha value is -0.120. The quantitative estimate of drug-likeness (QED) is 0.237. The van der Waals surface area contributed by atoms with E-state index in [9.17, 15) is 5.11 Å². The van der Waals surface area contributed by atoms with Gasteiger partial charge in [-0.25, -0.2) is 0 Å². The van der Waals surface area contributed by atoms with Crippen LogP contribution in [0.25, 0.3) is 0 Å². The van der Waals surface area contributed by atoms with Gasteiger partial charge >= 0.3 is 0 Å².